The van der Waals surface area contributed by atoms with Gasteiger partial charge in [0.2, 0.25) is 0 Å². The largest absolute Gasteiger partial charge is 0.508 e. The van der Waals surface area contributed by atoms with Crippen LogP contribution in [0.15, 0.2) is 12.1 Å². The van der Waals surface area contributed by atoms with Crippen LogP contribution in [0.25, 0.3) is 0 Å². The topological polar surface area (TPSA) is 20.2 Å². The summed E-state index contributed by atoms with van der Waals surface area (Å²) in [6.45, 7) is 6.74. The molecule has 0 atom stereocenters. The Bertz CT molecular complexity index is 409. The molecule has 0 amide bonds. The number of rotatable bonds is 12. The minimum atomic E-state index is 0.526. The van der Waals surface area contributed by atoms with Crippen molar-refractivity contribution in [2.24, 2.45) is 0 Å². The molecule has 0 aliphatic rings. The molecule has 0 spiro atoms. The summed E-state index contributed by atoms with van der Waals surface area (Å²) in [6.07, 6.45) is 14.9. The predicted molar refractivity (Wildman–Crippen MR) is 97.8 cm³/mol. The number of hydrogen-bond acceptors (Lipinski definition) is 1. The fraction of sp³-hybridized carbons (Fsp3) is 0.714. The normalized spacial score (nSPS) is 11.0. The van der Waals surface area contributed by atoms with Gasteiger partial charge < -0.3 is 5.11 Å². The third kappa shape index (κ3) is 6.42. The second kappa shape index (κ2) is 11.6. The fourth-order valence-electron chi connectivity index (χ4n) is 3.28. The lowest BCUT2D eigenvalue weighted by atomic mass is 9.91. The Morgan fingerprint density at radius 2 is 1.23 bits per heavy atom. The molecule has 22 heavy (non-hydrogen) atoms. The summed E-state index contributed by atoms with van der Waals surface area (Å²) in [5.74, 6) is 0.526. The number of phenolic OH excluding ortho intramolecular Hbond substituents is 1. The molecular formula is C21H36O. The van der Waals surface area contributed by atoms with E-state index in [1.54, 1.807) is 0 Å². The van der Waals surface area contributed by atoms with Crippen LogP contribution in [-0.4, -0.2) is 5.11 Å². The Labute approximate surface area is 138 Å². The lowest BCUT2D eigenvalue weighted by Crippen LogP contribution is -2.01. The zero-order valence-electron chi connectivity index (χ0n) is 15.1. The quantitative estimate of drug-likeness (QED) is 0.432. The first-order chi connectivity index (χ1) is 10.7. The van der Waals surface area contributed by atoms with Crippen LogP contribution in [0.1, 0.15) is 95.2 Å². The second-order valence-corrected chi connectivity index (χ2v) is 6.53. The van der Waals surface area contributed by atoms with Gasteiger partial charge in [0.05, 0.1) is 0 Å². The Kier molecular flexibility index (Phi) is 10.0. The minimum Gasteiger partial charge on any atom is -0.508 e. The van der Waals surface area contributed by atoms with Crippen molar-refractivity contribution in [3.8, 4) is 5.75 Å². The summed E-state index contributed by atoms with van der Waals surface area (Å²) >= 11 is 0. The molecule has 0 saturated carbocycles. The van der Waals surface area contributed by atoms with Gasteiger partial charge in [-0.25, -0.2) is 0 Å². The maximum atomic E-state index is 10.3. The van der Waals surface area contributed by atoms with Gasteiger partial charge in [0.1, 0.15) is 5.75 Å². The molecule has 1 aromatic rings. The van der Waals surface area contributed by atoms with Crippen molar-refractivity contribution in [2.75, 3.05) is 0 Å². The average molecular weight is 305 g/mol. The van der Waals surface area contributed by atoms with E-state index in [9.17, 15) is 5.11 Å². The lowest BCUT2D eigenvalue weighted by molar-refractivity contribution is 0.464. The smallest absolute Gasteiger partial charge is 0.119 e. The average Bonchev–Trinajstić information content (AvgIpc) is 2.53. The van der Waals surface area contributed by atoms with Crippen molar-refractivity contribution in [3.63, 3.8) is 0 Å². The van der Waals surface area contributed by atoms with Crippen LogP contribution < -0.4 is 0 Å². The highest BCUT2D eigenvalue weighted by Crippen LogP contribution is 2.29. The number of aromatic hydroxyl groups is 1. The molecule has 0 aromatic heterocycles. The first kappa shape index (κ1) is 19.1. The van der Waals surface area contributed by atoms with Crippen LogP contribution in [0.3, 0.4) is 0 Å². The van der Waals surface area contributed by atoms with Gasteiger partial charge in [-0.1, -0.05) is 71.8 Å². The molecule has 0 radical (unpaired) electrons. The van der Waals surface area contributed by atoms with Crippen LogP contribution in [0.4, 0.5) is 0 Å². The van der Waals surface area contributed by atoms with E-state index in [2.05, 4.69) is 26.8 Å². The number of benzene rings is 1. The summed E-state index contributed by atoms with van der Waals surface area (Å²) in [4.78, 5) is 0. The second-order valence-electron chi connectivity index (χ2n) is 6.53. The van der Waals surface area contributed by atoms with Crippen molar-refractivity contribution in [1.82, 2.24) is 0 Å². The molecule has 0 bridgehead atoms. The Hall–Kier alpha value is -0.980. The maximum absolute atomic E-state index is 10.3. The Morgan fingerprint density at radius 1 is 0.682 bits per heavy atom. The van der Waals surface area contributed by atoms with Gasteiger partial charge >= 0.3 is 0 Å². The molecule has 0 heterocycles. The first-order valence-electron chi connectivity index (χ1n) is 9.57. The minimum absolute atomic E-state index is 0.526. The molecule has 1 N–H and O–H groups in total. The van der Waals surface area contributed by atoms with Gasteiger partial charge in [0.25, 0.3) is 0 Å². The fourth-order valence-corrected chi connectivity index (χ4v) is 3.28. The van der Waals surface area contributed by atoms with Crippen molar-refractivity contribution in [3.05, 3.63) is 28.8 Å². The van der Waals surface area contributed by atoms with Crippen LogP contribution in [0.5, 0.6) is 5.75 Å². The highest BCUT2D eigenvalue weighted by Gasteiger charge is 2.12. The summed E-state index contributed by atoms with van der Waals surface area (Å²) in [5, 5.41) is 10.3. The van der Waals surface area contributed by atoms with Gasteiger partial charge in [-0.2, -0.15) is 0 Å². The van der Waals surface area contributed by atoms with Crippen molar-refractivity contribution >= 4 is 0 Å². The zero-order valence-corrected chi connectivity index (χ0v) is 15.1. The maximum Gasteiger partial charge on any atom is 0.119 e. The molecule has 126 valence electrons. The SMILES string of the molecule is CCCCCCCc1c(O)ccc(CC)c1CCCCCC. The first-order valence-corrected chi connectivity index (χ1v) is 9.57. The monoisotopic (exact) mass is 304 g/mol. The molecule has 1 aromatic carbocycles. The van der Waals surface area contributed by atoms with E-state index in [4.69, 9.17) is 0 Å². The molecule has 0 fully saturated rings. The molecule has 0 saturated heterocycles. The van der Waals surface area contributed by atoms with E-state index in [0.29, 0.717) is 5.75 Å². The number of aryl methyl sites for hydroxylation is 1. The van der Waals surface area contributed by atoms with E-state index >= 15 is 0 Å². The van der Waals surface area contributed by atoms with Crippen LogP contribution >= 0.6 is 0 Å². The summed E-state index contributed by atoms with van der Waals surface area (Å²) in [7, 11) is 0. The van der Waals surface area contributed by atoms with Crippen LogP contribution in [0, 0.1) is 0 Å². The van der Waals surface area contributed by atoms with Gasteiger partial charge in [0, 0.05) is 0 Å². The van der Waals surface area contributed by atoms with Crippen LogP contribution in [0.2, 0.25) is 0 Å². The molecule has 1 heteroatoms. The highest BCUT2D eigenvalue weighted by atomic mass is 16.3. The summed E-state index contributed by atoms with van der Waals surface area (Å²) < 4.78 is 0. The van der Waals surface area contributed by atoms with Gasteiger partial charge in [-0.05, 0) is 54.9 Å². The lowest BCUT2D eigenvalue weighted by Gasteiger charge is -2.16. The summed E-state index contributed by atoms with van der Waals surface area (Å²) in [5.41, 5.74) is 4.14. The van der Waals surface area contributed by atoms with Gasteiger partial charge in [-0.3, -0.25) is 0 Å². The standard InChI is InChI=1S/C21H36O/c1-4-7-9-11-13-15-20-19(14-12-10-8-5-2)18(6-3)16-17-21(20)22/h16-17,22H,4-15H2,1-3H3. The Morgan fingerprint density at radius 3 is 1.82 bits per heavy atom. The molecule has 0 aliphatic carbocycles. The predicted octanol–water partition coefficient (Wildman–Crippen LogP) is 6.59. The third-order valence-corrected chi connectivity index (χ3v) is 4.70. The Balaban J connectivity index is 2.69. The number of unbranched alkanes of at least 4 members (excludes halogenated alkanes) is 7. The number of phenols is 1. The highest BCUT2D eigenvalue weighted by molar-refractivity contribution is 5.44. The van der Waals surface area contributed by atoms with Gasteiger partial charge in [-0.15, -0.1) is 0 Å². The van der Waals surface area contributed by atoms with Crippen molar-refractivity contribution in [1.29, 1.82) is 0 Å². The van der Waals surface area contributed by atoms with Crippen molar-refractivity contribution < 1.29 is 5.11 Å². The third-order valence-electron chi connectivity index (χ3n) is 4.70. The zero-order chi connectivity index (χ0) is 16.2. The van der Waals surface area contributed by atoms with E-state index in [1.165, 1.54) is 74.5 Å². The molecule has 0 unspecified atom stereocenters. The van der Waals surface area contributed by atoms with E-state index < -0.39 is 0 Å². The molecule has 1 nitrogen and oxygen atoms in total. The molecular weight excluding hydrogens is 268 g/mol. The van der Waals surface area contributed by atoms with Crippen LogP contribution in [-0.2, 0) is 19.3 Å². The van der Waals surface area contributed by atoms with E-state index in [0.717, 1.165) is 19.3 Å². The van der Waals surface area contributed by atoms with Crippen molar-refractivity contribution in [2.45, 2.75) is 97.8 Å². The summed E-state index contributed by atoms with van der Waals surface area (Å²) in [6, 6.07) is 4.04. The van der Waals surface area contributed by atoms with E-state index in [1.807, 2.05) is 6.07 Å². The van der Waals surface area contributed by atoms with E-state index in [-0.39, 0.29) is 0 Å². The molecule has 0 aliphatic heterocycles. The molecule has 1 rings (SSSR count). The van der Waals surface area contributed by atoms with Gasteiger partial charge in [0.15, 0.2) is 0 Å². The number of hydrogen-bond donors (Lipinski definition) is 1.